The molecule has 0 heterocycles. The van der Waals surface area contributed by atoms with Crippen LogP contribution in [-0.2, 0) is 12.6 Å². The summed E-state index contributed by atoms with van der Waals surface area (Å²) in [6, 6.07) is 8.21. The smallest absolute Gasteiger partial charge is 0.416 e. The van der Waals surface area contributed by atoms with Crippen molar-refractivity contribution in [2.75, 3.05) is 18.6 Å². The first-order valence-electron chi connectivity index (χ1n) is 8.82. The van der Waals surface area contributed by atoms with Crippen LogP contribution < -0.4 is 14.9 Å². The molecule has 0 atom stereocenters. The molecule has 2 aromatic carbocycles. The number of rotatable bonds is 9. The van der Waals surface area contributed by atoms with Crippen molar-refractivity contribution in [1.29, 1.82) is 0 Å². The van der Waals surface area contributed by atoms with Gasteiger partial charge < -0.3 is 9.47 Å². The van der Waals surface area contributed by atoms with E-state index >= 15 is 0 Å². The van der Waals surface area contributed by atoms with Gasteiger partial charge in [0.15, 0.2) is 11.5 Å². The zero-order valence-corrected chi connectivity index (χ0v) is 15.9. The normalized spacial score (nSPS) is 11.1. The zero-order valence-electron chi connectivity index (χ0n) is 15.9. The van der Waals surface area contributed by atoms with Crippen LogP contribution in [0, 0.1) is 12.3 Å². The maximum Gasteiger partial charge on any atom is 0.416 e. The summed E-state index contributed by atoms with van der Waals surface area (Å²) < 4.78 is 49.1. The van der Waals surface area contributed by atoms with Crippen LogP contribution in [0.25, 0.3) is 0 Å². The van der Waals surface area contributed by atoms with Crippen LogP contribution in [0.3, 0.4) is 0 Å². The van der Waals surface area contributed by atoms with E-state index in [1.54, 1.807) is 12.1 Å². The number of nitrogens with one attached hydrogen (secondary N) is 1. The minimum absolute atomic E-state index is 0.104. The van der Waals surface area contributed by atoms with E-state index in [0.717, 1.165) is 23.3 Å². The predicted molar refractivity (Wildman–Crippen MR) is 109 cm³/mol. The number of allylic oxidation sites excluding steroid dienone is 1. The summed E-state index contributed by atoms with van der Waals surface area (Å²) >= 11 is 0. The molecule has 0 aliphatic rings. The summed E-state index contributed by atoms with van der Waals surface area (Å²) in [6.07, 6.45) is 4.71. The minimum atomic E-state index is -4.37. The topological polar surface area (TPSA) is 42.8 Å². The molecule has 0 amide bonds. The van der Waals surface area contributed by atoms with Crippen molar-refractivity contribution in [2.24, 2.45) is 5.10 Å². The second-order valence-corrected chi connectivity index (χ2v) is 5.87. The SMILES string of the molecule is C#CCOc1c(CC=C)cc(/C=N/Nc2ccc(C(F)(F)F)cc2)cc1OCC. The van der Waals surface area contributed by atoms with Crippen LogP contribution in [0.1, 0.15) is 23.6 Å². The van der Waals surface area contributed by atoms with E-state index in [0.29, 0.717) is 30.2 Å². The second kappa shape index (κ2) is 10.2. The van der Waals surface area contributed by atoms with Crippen LogP contribution in [-0.4, -0.2) is 19.4 Å². The van der Waals surface area contributed by atoms with Crippen molar-refractivity contribution in [2.45, 2.75) is 19.5 Å². The number of halogens is 3. The first-order chi connectivity index (χ1) is 13.9. The zero-order chi connectivity index (χ0) is 21.3. The Morgan fingerprint density at radius 2 is 1.93 bits per heavy atom. The Hall–Kier alpha value is -3.40. The molecule has 0 radical (unpaired) electrons. The summed E-state index contributed by atoms with van der Waals surface area (Å²) in [5.74, 6) is 3.50. The molecule has 2 rings (SSSR count). The molecule has 0 aliphatic carbocycles. The van der Waals surface area contributed by atoms with Crippen LogP contribution in [0.5, 0.6) is 11.5 Å². The molecule has 0 saturated carbocycles. The monoisotopic (exact) mass is 402 g/mol. The highest BCUT2D eigenvalue weighted by Crippen LogP contribution is 2.34. The Balaban J connectivity index is 2.22. The fourth-order valence-corrected chi connectivity index (χ4v) is 2.52. The second-order valence-electron chi connectivity index (χ2n) is 5.87. The Labute approximate surface area is 168 Å². The van der Waals surface area contributed by atoms with Gasteiger partial charge in [-0.15, -0.1) is 13.0 Å². The fraction of sp³-hybridized carbons (Fsp3) is 0.227. The number of anilines is 1. The molecule has 1 N–H and O–H groups in total. The molecular weight excluding hydrogens is 381 g/mol. The summed E-state index contributed by atoms with van der Waals surface area (Å²) in [4.78, 5) is 0. The first kappa shape index (κ1) is 21.9. The maximum atomic E-state index is 12.6. The first-order valence-corrected chi connectivity index (χ1v) is 8.82. The highest BCUT2D eigenvalue weighted by atomic mass is 19.4. The average molecular weight is 402 g/mol. The van der Waals surface area contributed by atoms with E-state index in [2.05, 4.69) is 23.0 Å². The summed E-state index contributed by atoms with van der Waals surface area (Å²) in [6.45, 7) is 6.14. The molecular formula is C22H21F3N2O2. The third-order valence-corrected chi connectivity index (χ3v) is 3.74. The Morgan fingerprint density at radius 3 is 2.52 bits per heavy atom. The van der Waals surface area contributed by atoms with Gasteiger partial charge in [-0.1, -0.05) is 12.0 Å². The standard InChI is InChI=1S/C22H21F3N2O2/c1-4-7-17-13-16(14-20(28-6-3)21(17)29-12-5-2)15-26-27-19-10-8-18(9-11-19)22(23,24)25/h2,4,8-11,13-15,27H,1,6-7,12H2,3H3/b26-15+. The third kappa shape index (κ3) is 6.32. The molecule has 0 unspecified atom stereocenters. The molecule has 0 aliphatic heterocycles. The quantitative estimate of drug-likeness (QED) is 0.268. The fourth-order valence-electron chi connectivity index (χ4n) is 2.52. The molecule has 4 nitrogen and oxygen atoms in total. The lowest BCUT2D eigenvalue weighted by molar-refractivity contribution is -0.137. The summed E-state index contributed by atoms with van der Waals surface area (Å²) in [5.41, 5.74) is 3.97. The van der Waals surface area contributed by atoms with Crippen LogP contribution in [0.15, 0.2) is 54.2 Å². The van der Waals surface area contributed by atoms with Gasteiger partial charge in [0.2, 0.25) is 0 Å². The Kier molecular flexibility index (Phi) is 7.72. The van der Waals surface area contributed by atoms with E-state index in [-0.39, 0.29) is 6.61 Å². The van der Waals surface area contributed by atoms with E-state index in [4.69, 9.17) is 15.9 Å². The molecule has 0 aromatic heterocycles. The predicted octanol–water partition coefficient (Wildman–Crippen LogP) is 5.29. The van der Waals surface area contributed by atoms with Crippen LogP contribution >= 0.6 is 0 Å². The van der Waals surface area contributed by atoms with Crippen molar-refractivity contribution in [3.63, 3.8) is 0 Å². The van der Waals surface area contributed by atoms with Crippen LogP contribution in [0.4, 0.5) is 18.9 Å². The van der Waals surface area contributed by atoms with Gasteiger partial charge in [-0.3, -0.25) is 5.43 Å². The van der Waals surface area contributed by atoms with E-state index in [9.17, 15) is 13.2 Å². The van der Waals surface area contributed by atoms with E-state index < -0.39 is 11.7 Å². The lowest BCUT2D eigenvalue weighted by atomic mass is 10.1. The van der Waals surface area contributed by atoms with Gasteiger partial charge >= 0.3 is 6.18 Å². The number of hydrogen-bond acceptors (Lipinski definition) is 4. The van der Waals surface area contributed by atoms with Crippen molar-refractivity contribution in [3.8, 4) is 23.8 Å². The minimum Gasteiger partial charge on any atom is -0.490 e. The van der Waals surface area contributed by atoms with Gasteiger partial charge in [0.25, 0.3) is 0 Å². The highest BCUT2D eigenvalue weighted by Gasteiger charge is 2.29. The van der Waals surface area contributed by atoms with Crippen molar-refractivity contribution >= 4 is 11.9 Å². The van der Waals surface area contributed by atoms with Gasteiger partial charge in [0.1, 0.15) is 6.61 Å². The number of terminal acetylenes is 1. The third-order valence-electron chi connectivity index (χ3n) is 3.74. The van der Waals surface area contributed by atoms with Crippen molar-refractivity contribution in [1.82, 2.24) is 0 Å². The molecule has 2 aromatic rings. The summed E-state index contributed by atoms with van der Waals surface area (Å²) in [7, 11) is 0. The molecule has 0 spiro atoms. The van der Waals surface area contributed by atoms with E-state index in [1.807, 2.05) is 13.0 Å². The Bertz CT molecular complexity index is 898. The lowest BCUT2D eigenvalue weighted by Gasteiger charge is -2.15. The maximum absolute atomic E-state index is 12.6. The summed E-state index contributed by atoms with van der Waals surface area (Å²) in [5, 5.41) is 4.09. The van der Waals surface area contributed by atoms with Crippen molar-refractivity contribution in [3.05, 3.63) is 65.7 Å². The largest absolute Gasteiger partial charge is 0.490 e. The molecule has 0 saturated heterocycles. The van der Waals surface area contributed by atoms with Crippen LogP contribution in [0.2, 0.25) is 0 Å². The van der Waals surface area contributed by atoms with Gasteiger partial charge in [0.05, 0.1) is 24.1 Å². The van der Waals surface area contributed by atoms with Gasteiger partial charge in [-0.25, -0.2) is 0 Å². The number of alkyl halides is 3. The van der Waals surface area contributed by atoms with Gasteiger partial charge in [-0.2, -0.15) is 18.3 Å². The molecule has 0 bridgehead atoms. The number of benzene rings is 2. The van der Waals surface area contributed by atoms with Gasteiger partial charge in [0, 0.05) is 5.56 Å². The number of hydrazone groups is 1. The lowest BCUT2D eigenvalue weighted by Crippen LogP contribution is -2.04. The van der Waals surface area contributed by atoms with Crippen molar-refractivity contribution < 1.29 is 22.6 Å². The number of nitrogens with zero attached hydrogens (tertiary/aromatic N) is 1. The molecule has 152 valence electrons. The average Bonchev–Trinajstić information content (AvgIpc) is 2.68. The molecule has 0 fully saturated rings. The Morgan fingerprint density at radius 1 is 1.21 bits per heavy atom. The van der Waals surface area contributed by atoms with E-state index in [1.165, 1.54) is 18.3 Å². The number of ether oxygens (including phenoxy) is 2. The highest BCUT2D eigenvalue weighted by molar-refractivity contribution is 5.82. The molecule has 29 heavy (non-hydrogen) atoms. The number of hydrogen-bond donors (Lipinski definition) is 1. The van der Waals surface area contributed by atoms with Gasteiger partial charge in [-0.05, 0) is 55.3 Å². The molecule has 7 heteroatoms.